The molecule has 2 nitrogen and oxygen atoms in total. The molecule has 164 valence electrons. The number of aryl methyl sites for hydroxylation is 1. The molecule has 0 radical (unpaired) electrons. The van der Waals surface area contributed by atoms with E-state index in [9.17, 15) is 0 Å². The van der Waals surface area contributed by atoms with Gasteiger partial charge in [0.05, 0.1) is 12.3 Å². The van der Waals surface area contributed by atoms with Crippen molar-refractivity contribution < 1.29 is 4.74 Å². The van der Waals surface area contributed by atoms with Crippen LogP contribution in [0, 0.1) is 11.8 Å². The number of hydrogen-bond donors (Lipinski definition) is 0. The SMILES string of the molecule is CCCCCCc1ccc(-c2ccc(OCC3CCC(CCCC)CC3)cc2)nc1. The Morgan fingerprint density at radius 2 is 1.53 bits per heavy atom. The summed E-state index contributed by atoms with van der Waals surface area (Å²) >= 11 is 0. The van der Waals surface area contributed by atoms with Crippen molar-refractivity contribution in [2.24, 2.45) is 11.8 Å². The first-order valence-corrected chi connectivity index (χ1v) is 12.5. The minimum atomic E-state index is 0.731. The fraction of sp³-hybridized carbons (Fsp3) is 0.607. The van der Waals surface area contributed by atoms with Gasteiger partial charge in [-0.15, -0.1) is 0 Å². The molecule has 3 rings (SSSR count). The maximum atomic E-state index is 6.12. The van der Waals surface area contributed by atoms with Crippen molar-refractivity contribution in [3.05, 3.63) is 48.2 Å². The third-order valence-corrected chi connectivity index (χ3v) is 6.71. The van der Waals surface area contributed by atoms with Crippen LogP contribution in [-0.2, 0) is 6.42 Å². The minimum Gasteiger partial charge on any atom is -0.493 e. The summed E-state index contributed by atoms with van der Waals surface area (Å²) < 4.78 is 6.12. The summed E-state index contributed by atoms with van der Waals surface area (Å²) in [7, 11) is 0. The molecular weight excluding hydrogens is 366 g/mol. The summed E-state index contributed by atoms with van der Waals surface area (Å²) in [6.45, 7) is 5.42. The maximum Gasteiger partial charge on any atom is 0.119 e. The van der Waals surface area contributed by atoms with Crippen molar-refractivity contribution in [3.63, 3.8) is 0 Å². The van der Waals surface area contributed by atoms with Gasteiger partial charge in [0.25, 0.3) is 0 Å². The summed E-state index contributed by atoms with van der Waals surface area (Å²) in [4.78, 5) is 4.68. The van der Waals surface area contributed by atoms with E-state index in [1.54, 1.807) is 0 Å². The van der Waals surface area contributed by atoms with Gasteiger partial charge in [0.1, 0.15) is 5.75 Å². The average molecular weight is 408 g/mol. The molecule has 2 heteroatoms. The number of nitrogens with zero attached hydrogens (tertiary/aromatic N) is 1. The molecule has 1 fully saturated rings. The maximum absolute atomic E-state index is 6.12. The smallest absolute Gasteiger partial charge is 0.119 e. The zero-order valence-corrected chi connectivity index (χ0v) is 19.2. The molecule has 1 aromatic heterocycles. The zero-order chi connectivity index (χ0) is 21.0. The Bertz CT molecular complexity index is 698. The van der Waals surface area contributed by atoms with E-state index in [4.69, 9.17) is 4.74 Å². The number of hydrogen-bond acceptors (Lipinski definition) is 2. The third-order valence-electron chi connectivity index (χ3n) is 6.71. The highest BCUT2D eigenvalue weighted by Gasteiger charge is 2.21. The number of aromatic nitrogens is 1. The van der Waals surface area contributed by atoms with Gasteiger partial charge in [-0.05, 0) is 73.4 Å². The first-order valence-electron chi connectivity index (χ1n) is 12.5. The topological polar surface area (TPSA) is 22.1 Å². The fourth-order valence-electron chi connectivity index (χ4n) is 4.61. The molecular formula is C28H41NO. The zero-order valence-electron chi connectivity index (χ0n) is 19.2. The molecule has 1 heterocycles. The van der Waals surface area contributed by atoms with Crippen LogP contribution in [-0.4, -0.2) is 11.6 Å². The minimum absolute atomic E-state index is 0.731. The summed E-state index contributed by atoms with van der Waals surface area (Å²) in [5.74, 6) is 2.68. The van der Waals surface area contributed by atoms with Gasteiger partial charge in [0.2, 0.25) is 0 Å². The molecule has 30 heavy (non-hydrogen) atoms. The Balaban J connectivity index is 1.41. The van der Waals surface area contributed by atoms with E-state index >= 15 is 0 Å². The lowest BCUT2D eigenvalue weighted by atomic mass is 9.80. The van der Waals surface area contributed by atoms with E-state index in [1.165, 1.54) is 76.2 Å². The molecule has 0 unspecified atom stereocenters. The van der Waals surface area contributed by atoms with Crippen LogP contribution in [0.5, 0.6) is 5.75 Å². The van der Waals surface area contributed by atoms with Crippen molar-refractivity contribution in [2.45, 2.75) is 90.9 Å². The van der Waals surface area contributed by atoms with Crippen LogP contribution in [0.4, 0.5) is 0 Å². The van der Waals surface area contributed by atoms with Gasteiger partial charge in [0.15, 0.2) is 0 Å². The molecule has 0 N–H and O–H groups in total. The van der Waals surface area contributed by atoms with Crippen LogP contribution in [0.2, 0.25) is 0 Å². The van der Waals surface area contributed by atoms with Crippen LogP contribution in [0.15, 0.2) is 42.6 Å². The van der Waals surface area contributed by atoms with Crippen molar-refractivity contribution in [3.8, 4) is 17.0 Å². The highest BCUT2D eigenvalue weighted by molar-refractivity contribution is 5.60. The third kappa shape index (κ3) is 7.45. The van der Waals surface area contributed by atoms with Crippen molar-refractivity contribution in [2.75, 3.05) is 6.61 Å². The number of ether oxygens (including phenoxy) is 1. The van der Waals surface area contributed by atoms with E-state index in [0.29, 0.717) is 0 Å². The largest absolute Gasteiger partial charge is 0.493 e. The molecule has 0 aliphatic heterocycles. The van der Waals surface area contributed by atoms with E-state index in [0.717, 1.165) is 41.9 Å². The van der Waals surface area contributed by atoms with Crippen LogP contribution in [0.25, 0.3) is 11.3 Å². The van der Waals surface area contributed by atoms with Crippen molar-refractivity contribution in [1.29, 1.82) is 0 Å². The second-order valence-electron chi connectivity index (χ2n) is 9.23. The molecule has 0 spiro atoms. The summed E-state index contributed by atoms with van der Waals surface area (Å²) in [5, 5.41) is 0. The predicted octanol–water partition coefficient (Wildman–Crippen LogP) is 8.25. The monoisotopic (exact) mass is 407 g/mol. The second kappa shape index (κ2) is 12.8. The Kier molecular flexibility index (Phi) is 9.73. The fourth-order valence-corrected chi connectivity index (χ4v) is 4.61. The molecule has 0 amide bonds. The first-order chi connectivity index (χ1) is 14.8. The molecule has 0 atom stereocenters. The molecule has 0 bridgehead atoms. The van der Waals surface area contributed by atoms with Crippen LogP contribution < -0.4 is 4.74 Å². The van der Waals surface area contributed by atoms with Gasteiger partial charge in [-0.1, -0.05) is 71.3 Å². The van der Waals surface area contributed by atoms with Crippen LogP contribution in [0.1, 0.15) is 90.0 Å². The highest BCUT2D eigenvalue weighted by atomic mass is 16.5. The summed E-state index contributed by atoms with van der Waals surface area (Å²) in [6, 6.07) is 12.9. The summed E-state index contributed by atoms with van der Waals surface area (Å²) in [6.07, 6.45) is 18.0. The second-order valence-corrected chi connectivity index (χ2v) is 9.23. The number of pyridine rings is 1. The number of benzene rings is 1. The Hall–Kier alpha value is -1.83. The molecule has 1 saturated carbocycles. The molecule has 2 aromatic rings. The normalized spacial score (nSPS) is 19.0. The van der Waals surface area contributed by atoms with Crippen LogP contribution >= 0.6 is 0 Å². The number of rotatable bonds is 12. The van der Waals surface area contributed by atoms with Crippen molar-refractivity contribution in [1.82, 2.24) is 4.98 Å². The van der Waals surface area contributed by atoms with E-state index in [2.05, 4.69) is 55.2 Å². The van der Waals surface area contributed by atoms with Gasteiger partial charge in [-0.2, -0.15) is 0 Å². The molecule has 1 aromatic carbocycles. The molecule has 1 aliphatic carbocycles. The Labute approximate surface area is 184 Å². The average Bonchev–Trinajstić information content (AvgIpc) is 2.81. The van der Waals surface area contributed by atoms with Crippen molar-refractivity contribution >= 4 is 0 Å². The predicted molar refractivity (Wildman–Crippen MR) is 128 cm³/mol. The van der Waals surface area contributed by atoms with E-state index < -0.39 is 0 Å². The number of unbranched alkanes of at least 4 members (excludes halogenated alkanes) is 4. The molecule has 0 saturated heterocycles. The van der Waals surface area contributed by atoms with E-state index in [-0.39, 0.29) is 0 Å². The Morgan fingerprint density at radius 1 is 0.800 bits per heavy atom. The summed E-state index contributed by atoms with van der Waals surface area (Å²) in [5.41, 5.74) is 3.56. The highest BCUT2D eigenvalue weighted by Crippen LogP contribution is 2.32. The van der Waals surface area contributed by atoms with Crippen LogP contribution in [0.3, 0.4) is 0 Å². The van der Waals surface area contributed by atoms with Gasteiger partial charge in [0, 0.05) is 11.8 Å². The lowest BCUT2D eigenvalue weighted by molar-refractivity contribution is 0.178. The first kappa shape index (κ1) is 22.8. The lowest BCUT2D eigenvalue weighted by Crippen LogP contribution is -2.20. The van der Waals surface area contributed by atoms with Gasteiger partial charge < -0.3 is 4.74 Å². The van der Waals surface area contributed by atoms with E-state index in [1.807, 2.05) is 6.20 Å². The van der Waals surface area contributed by atoms with Gasteiger partial charge >= 0.3 is 0 Å². The Morgan fingerprint density at radius 3 is 2.20 bits per heavy atom. The molecule has 1 aliphatic rings. The van der Waals surface area contributed by atoms with Gasteiger partial charge in [-0.3, -0.25) is 4.98 Å². The quantitative estimate of drug-likeness (QED) is 0.330. The van der Waals surface area contributed by atoms with Gasteiger partial charge in [-0.25, -0.2) is 0 Å². The standard InChI is InChI=1S/C28H41NO/c1-3-5-7-8-10-24-15-20-28(29-21-24)26-16-18-27(19-17-26)30-22-25-13-11-23(12-14-25)9-6-4-2/h15-21,23,25H,3-14,22H2,1-2H3. The lowest BCUT2D eigenvalue weighted by Gasteiger charge is -2.28.